The lowest BCUT2D eigenvalue weighted by Crippen LogP contribution is -2.39. The number of alkyl halides is 1. The van der Waals surface area contributed by atoms with Crippen LogP contribution in [-0.2, 0) is 11.3 Å². The van der Waals surface area contributed by atoms with Crippen LogP contribution in [0.25, 0.3) is 0 Å². The van der Waals surface area contributed by atoms with Crippen molar-refractivity contribution in [3.05, 3.63) is 22.4 Å². The summed E-state index contributed by atoms with van der Waals surface area (Å²) < 4.78 is 0. The van der Waals surface area contributed by atoms with E-state index in [9.17, 15) is 4.79 Å². The van der Waals surface area contributed by atoms with Crippen molar-refractivity contribution in [2.45, 2.75) is 38.7 Å². The lowest BCUT2D eigenvalue weighted by molar-refractivity contribution is -0.132. The molecular weight excluding hydrogens is 230 g/mol. The summed E-state index contributed by atoms with van der Waals surface area (Å²) >= 11 is 7.48. The monoisotopic (exact) mass is 245 g/mol. The fourth-order valence-electron chi connectivity index (χ4n) is 1.31. The summed E-state index contributed by atoms with van der Waals surface area (Å²) in [5, 5.41) is 1.56. The van der Waals surface area contributed by atoms with Crippen molar-refractivity contribution in [3.8, 4) is 0 Å². The molecule has 0 spiro atoms. The molecule has 4 heteroatoms. The van der Waals surface area contributed by atoms with Crippen LogP contribution < -0.4 is 0 Å². The number of nitrogens with zero attached hydrogens (tertiary/aromatic N) is 1. The fraction of sp³-hybridized carbons (Fsp3) is 0.545. The zero-order valence-electron chi connectivity index (χ0n) is 9.24. The van der Waals surface area contributed by atoms with Gasteiger partial charge in [0.05, 0.1) is 6.54 Å². The van der Waals surface area contributed by atoms with Gasteiger partial charge in [0.15, 0.2) is 0 Å². The van der Waals surface area contributed by atoms with Crippen LogP contribution in [0.1, 0.15) is 25.6 Å². The van der Waals surface area contributed by atoms with Crippen molar-refractivity contribution in [1.82, 2.24) is 4.90 Å². The van der Waals surface area contributed by atoms with Gasteiger partial charge >= 0.3 is 0 Å². The van der Waals surface area contributed by atoms with Gasteiger partial charge in [-0.25, -0.2) is 0 Å². The Morgan fingerprint density at radius 3 is 2.60 bits per heavy atom. The van der Waals surface area contributed by atoms with Gasteiger partial charge in [-0.3, -0.25) is 4.79 Å². The second-order valence-corrected chi connectivity index (χ2v) is 5.44. The van der Waals surface area contributed by atoms with Crippen molar-refractivity contribution in [1.29, 1.82) is 0 Å². The lowest BCUT2D eigenvalue weighted by atomic mass is 10.2. The van der Waals surface area contributed by atoms with Gasteiger partial charge in [-0.15, -0.1) is 22.9 Å². The Kier molecular flexibility index (Phi) is 4.61. The summed E-state index contributed by atoms with van der Waals surface area (Å²) in [6, 6.07) is 4.21. The molecule has 0 aliphatic heterocycles. The van der Waals surface area contributed by atoms with Crippen molar-refractivity contribution >= 4 is 28.8 Å². The zero-order chi connectivity index (χ0) is 11.4. The molecule has 15 heavy (non-hydrogen) atoms. The largest absolute Gasteiger partial charge is 0.334 e. The summed E-state index contributed by atoms with van der Waals surface area (Å²) in [5.41, 5.74) is 0. The summed E-state index contributed by atoms with van der Waals surface area (Å²) in [5.74, 6) is 0.0000617. The van der Waals surface area contributed by atoms with E-state index in [2.05, 4.69) is 0 Å². The van der Waals surface area contributed by atoms with E-state index in [0.29, 0.717) is 6.54 Å². The van der Waals surface area contributed by atoms with E-state index in [1.807, 2.05) is 36.3 Å². The van der Waals surface area contributed by atoms with Crippen LogP contribution in [0, 0.1) is 0 Å². The van der Waals surface area contributed by atoms with Gasteiger partial charge in [-0.2, -0.15) is 0 Å². The molecule has 0 aliphatic rings. The minimum atomic E-state index is -0.452. The molecule has 84 valence electrons. The first-order valence-corrected chi connectivity index (χ1v) is 6.31. The van der Waals surface area contributed by atoms with Gasteiger partial charge in [0.1, 0.15) is 5.38 Å². The maximum atomic E-state index is 11.8. The lowest BCUT2D eigenvalue weighted by Gasteiger charge is -2.27. The number of hydrogen-bond acceptors (Lipinski definition) is 2. The van der Waals surface area contributed by atoms with Crippen LogP contribution in [0.5, 0.6) is 0 Å². The molecular formula is C11H16ClNOS. The summed E-state index contributed by atoms with van der Waals surface area (Å²) in [6.07, 6.45) is 0. The average Bonchev–Trinajstić information content (AvgIpc) is 2.64. The minimum Gasteiger partial charge on any atom is -0.334 e. The quantitative estimate of drug-likeness (QED) is 0.747. The molecule has 0 fully saturated rings. The number of amides is 1. The van der Waals surface area contributed by atoms with Gasteiger partial charge in [0, 0.05) is 10.9 Å². The third-order valence-electron chi connectivity index (χ3n) is 2.15. The zero-order valence-corrected chi connectivity index (χ0v) is 10.8. The maximum absolute atomic E-state index is 11.8. The van der Waals surface area contributed by atoms with E-state index in [1.165, 1.54) is 4.88 Å². The predicted molar refractivity (Wildman–Crippen MR) is 65.3 cm³/mol. The Balaban J connectivity index is 2.71. The highest BCUT2D eigenvalue weighted by atomic mass is 35.5. The van der Waals surface area contributed by atoms with E-state index < -0.39 is 5.38 Å². The molecule has 0 saturated heterocycles. The highest BCUT2D eigenvalue weighted by Crippen LogP contribution is 2.15. The van der Waals surface area contributed by atoms with Crippen LogP contribution >= 0.6 is 22.9 Å². The Labute approximate surface area is 99.9 Å². The number of hydrogen-bond donors (Lipinski definition) is 0. The molecule has 1 aromatic heterocycles. The van der Waals surface area contributed by atoms with E-state index in [4.69, 9.17) is 11.6 Å². The normalized spacial score (nSPS) is 12.9. The average molecular weight is 246 g/mol. The molecule has 0 N–H and O–H groups in total. The van der Waals surface area contributed by atoms with Crippen molar-refractivity contribution in [3.63, 3.8) is 0 Å². The topological polar surface area (TPSA) is 20.3 Å². The Morgan fingerprint density at radius 2 is 2.20 bits per heavy atom. The third-order valence-corrected chi connectivity index (χ3v) is 3.20. The molecule has 0 radical (unpaired) electrons. The molecule has 1 heterocycles. The smallest absolute Gasteiger partial charge is 0.240 e. The van der Waals surface area contributed by atoms with Crippen molar-refractivity contribution < 1.29 is 4.79 Å². The van der Waals surface area contributed by atoms with Crippen LogP contribution in [0.3, 0.4) is 0 Å². The second-order valence-electron chi connectivity index (χ2n) is 3.76. The Morgan fingerprint density at radius 1 is 1.53 bits per heavy atom. The van der Waals surface area contributed by atoms with Gasteiger partial charge < -0.3 is 4.90 Å². The molecule has 0 aromatic carbocycles. The van der Waals surface area contributed by atoms with Crippen LogP contribution in [0.15, 0.2) is 17.5 Å². The van der Waals surface area contributed by atoms with Crippen molar-refractivity contribution in [2.75, 3.05) is 0 Å². The molecule has 0 saturated carbocycles. The Bertz CT molecular complexity index is 308. The summed E-state index contributed by atoms with van der Waals surface area (Å²) in [4.78, 5) is 14.8. The molecule has 1 rings (SSSR count). The van der Waals surface area contributed by atoms with Gasteiger partial charge in [0.2, 0.25) is 5.91 Å². The first-order chi connectivity index (χ1) is 7.02. The number of carbonyl (C=O) groups excluding carboxylic acids is 1. The highest BCUT2D eigenvalue weighted by molar-refractivity contribution is 7.09. The van der Waals surface area contributed by atoms with Gasteiger partial charge in [0.25, 0.3) is 0 Å². The fourth-order valence-corrected chi connectivity index (χ4v) is 2.14. The van der Waals surface area contributed by atoms with Gasteiger partial charge in [-0.1, -0.05) is 6.07 Å². The SMILES string of the molecule is CC(Cl)C(=O)N(Cc1cccs1)C(C)C. The van der Waals surface area contributed by atoms with E-state index in [1.54, 1.807) is 18.3 Å². The molecule has 1 atom stereocenters. The first-order valence-electron chi connectivity index (χ1n) is 4.99. The third kappa shape index (κ3) is 3.50. The van der Waals surface area contributed by atoms with Crippen molar-refractivity contribution in [2.24, 2.45) is 0 Å². The summed E-state index contributed by atoms with van der Waals surface area (Å²) in [6.45, 7) is 6.38. The molecule has 1 unspecified atom stereocenters. The van der Waals surface area contributed by atoms with Crippen LogP contribution in [0.4, 0.5) is 0 Å². The molecule has 0 aliphatic carbocycles. The second kappa shape index (κ2) is 5.52. The molecule has 2 nitrogen and oxygen atoms in total. The maximum Gasteiger partial charge on any atom is 0.240 e. The van der Waals surface area contributed by atoms with E-state index in [-0.39, 0.29) is 11.9 Å². The van der Waals surface area contributed by atoms with E-state index in [0.717, 1.165) is 0 Å². The number of carbonyl (C=O) groups is 1. The molecule has 0 bridgehead atoms. The van der Waals surface area contributed by atoms with Crippen LogP contribution in [-0.4, -0.2) is 22.2 Å². The number of thiophene rings is 1. The number of rotatable bonds is 4. The minimum absolute atomic E-state index is 0.0000617. The first kappa shape index (κ1) is 12.5. The highest BCUT2D eigenvalue weighted by Gasteiger charge is 2.21. The summed E-state index contributed by atoms with van der Waals surface area (Å²) in [7, 11) is 0. The standard InChI is InChI=1S/C11H16ClNOS/c1-8(2)13(11(14)9(3)12)7-10-5-4-6-15-10/h4-6,8-9H,7H2,1-3H3. The number of halogens is 1. The van der Waals surface area contributed by atoms with Gasteiger partial charge in [-0.05, 0) is 32.2 Å². The van der Waals surface area contributed by atoms with E-state index >= 15 is 0 Å². The molecule has 1 amide bonds. The molecule has 1 aromatic rings. The predicted octanol–water partition coefficient (Wildman–Crippen LogP) is 3.11. The van der Waals surface area contributed by atoms with Crippen LogP contribution in [0.2, 0.25) is 0 Å². The Hall–Kier alpha value is -0.540.